The van der Waals surface area contributed by atoms with Gasteiger partial charge in [-0.15, -0.1) is 0 Å². The van der Waals surface area contributed by atoms with Crippen molar-refractivity contribution in [3.05, 3.63) is 41.2 Å². The summed E-state index contributed by atoms with van der Waals surface area (Å²) >= 11 is 0. The summed E-state index contributed by atoms with van der Waals surface area (Å²) in [4.78, 5) is 33.7. The number of aliphatic hydroxyl groups is 1. The molecular formula is C32H53N5O4. The highest BCUT2D eigenvalue weighted by molar-refractivity contribution is 5.71. The third-order valence-corrected chi connectivity index (χ3v) is 8.35. The second-order valence-electron chi connectivity index (χ2n) is 11.7. The molecule has 9 heteroatoms. The predicted octanol–water partition coefficient (Wildman–Crippen LogP) is 7.29. The maximum absolute atomic E-state index is 12.1. The second-order valence-corrected chi connectivity index (χ2v) is 11.7. The van der Waals surface area contributed by atoms with E-state index < -0.39 is 6.10 Å². The van der Waals surface area contributed by atoms with E-state index in [1.165, 1.54) is 70.6 Å². The number of allylic oxidation sites excluding steroid dienone is 1. The van der Waals surface area contributed by atoms with Gasteiger partial charge in [-0.3, -0.25) is 9.78 Å². The zero-order chi connectivity index (χ0) is 29.5. The molecule has 0 aliphatic heterocycles. The van der Waals surface area contributed by atoms with Gasteiger partial charge in [0.2, 0.25) is 5.95 Å². The lowest BCUT2D eigenvalue weighted by Gasteiger charge is -2.17. The van der Waals surface area contributed by atoms with Crippen molar-refractivity contribution in [2.24, 2.45) is 5.92 Å². The Balaban J connectivity index is 1.18. The number of H-pyrrole nitrogens is 1. The molecular weight excluding hydrogens is 518 g/mol. The number of aliphatic hydroxyl groups excluding tert-OH is 1. The topological polar surface area (TPSA) is 128 Å². The molecule has 4 N–H and O–H groups in total. The van der Waals surface area contributed by atoms with Gasteiger partial charge in [0.05, 0.1) is 25.1 Å². The van der Waals surface area contributed by atoms with E-state index in [0.717, 1.165) is 49.9 Å². The third kappa shape index (κ3) is 10.6. The Morgan fingerprint density at radius 1 is 1.05 bits per heavy atom. The minimum absolute atomic E-state index is 0.0478. The first kappa shape index (κ1) is 32.9. The molecule has 2 aromatic heterocycles. The zero-order valence-electron chi connectivity index (χ0n) is 25.2. The van der Waals surface area contributed by atoms with Gasteiger partial charge in [0.15, 0.2) is 11.2 Å². The van der Waals surface area contributed by atoms with Crippen LogP contribution in [0.3, 0.4) is 0 Å². The van der Waals surface area contributed by atoms with Gasteiger partial charge in [0, 0.05) is 12.3 Å². The first-order valence-corrected chi connectivity index (χ1v) is 16.0. The van der Waals surface area contributed by atoms with Crippen LogP contribution in [0, 0.1) is 5.92 Å². The summed E-state index contributed by atoms with van der Waals surface area (Å²) in [5.41, 5.74) is 7.06. The standard InChI is InChI=1S/C32H53N5O4/c1-4-5-6-7-12-15-18-21-40-41-24(2)19-16-13-10-8-9-11-14-17-20-26-25(3)27(22-28(26)38)37-23-34-29-30(37)35-32(33)36-31(29)39/h23,26-28,38H,2-22H2,1H3,(H3,33,35,36,39)/t26-,27-,28-/m0/s1. The number of aromatic amines is 1. The van der Waals surface area contributed by atoms with Crippen LogP contribution in [0.2, 0.25) is 0 Å². The molecule has 2 aromatic rings. The van der Waals surface area contributed by atoms with E-state index in [4.69, 9.17) is 15.5 Å². The Bertz CT molecular complexity index is 1130. The van der Waals surface area contributed by atoms with Crippen molar-refractivity contribution < 1.29 is 14.9 Å². The average Bonchev–Trinajstić information content (AvgIpc) is 3.48. The highest BCUT2D eigenvalue weighted by atomic mass is 17.2. The fraction of sp³-hybridized carbons (Fsp3) is 0.719. The summed E-state index contributed by atoms with van der Waals surface area (Å²) in [6.45, 7) is 11.2. The Morgan fingerprint density at radius 2 is 1.68 bits per heavy atom. The summed E-state index contributed by atoms with van der Waals surface area (Å²) in [5.74, 6) is 0.844. The molecule has 9 nitrogen and oxygen atoms in total. The van der Waals surface area contributed by atoms with E-state index in [1.807, 2.05) is 4.57 Å². The number of nitrogens with zero attached hydrogens (tertiary/aromatic N) is 3. The van der Waals surface area contributed by atoms with E-state index in [0.29, 0.717) is 18.7 Å². The molecule has 41 heavy (non-hydrogen) atoms. The molecule has 0 spiro atoms. The Morgan fingerprint density at radius 3 is 2.39 bits per heavy atom. The number of hydrogen-bond acceptors (Lipinski definition) is 7. The first-order chi connectivity index (χ1) is 19.9. The normalized spacial score (nSPS) is 18.9. The number of fused-ring (bicyclic) bond motifs is 1. The van der Waals surface area contributed by atoms with Crippen molar-refractivity contribution >= 4 is 17.1 Å². The largest absolute Gasteiger partial charge is 0.392 e. The van der Waals surface area contributed by atoms with Gasteiger partial charge in [-0.05, 0) is 31.3 Å². The highest BCUT2D eigenvalue weighted by Gasteiger charge is 2.37. The van der Waals surface area contributed by atoms with Crippen LogP contribution in [0.15, 0.2) is 35.6 Å². The number of aromatic nitrogens is 4. The van der Waals surface area contributed by atoms with Crippen LogP contribution in [0.25, 0.3) is 11.2 Å². The summed E-state index contributed by atoms with van der Waals surface area (Å²) in [6.07, 6.45) is 21.8. The molecule has 1 fully saturated rings. The average molecular weight is 572 g/mol. The van der Waals surface area contributed by atoms with E-state index in [2.05, 4.69) is 35.0 Å². The molecule has 3 atom stereocenters. The van der Waals surface area contributed by atoms with Crippen molar-refractivity contribution in [2.45, 2.75) is 135 Å². The summed E-state index contributed by atoms with van der Waals surface area (Å²) in [5, 5.41) is 10.8. The van der Waals surface area contributed by atoms with Crippen molar-refractivity contribution in [1.29, 1.82) is 0 Å². The number of anilines is 1. The lowest BCUT2D eigenvalue weighted by atomic mass is 9.94. The smallest absolute Gasteiger partial charge is 0.280 e. The van der Waals surface area contributed by atoms with E-state index >= 15 is 0 Å². The quantitative estimate of drug-likeness (QED) is 0.0445. The van der Waals surface area contributed by atoms with E-state index in [1.54, 1.807) is 6.33 Å². The predicted molar refractivity (Wildman–Crippen MR) is 165 cm³/mol. The Kier molecular flexibility index (Phi) is 14.4. The van der Waals surface area contributed by atoms with Crippen molar-refractivity contribution in [3.63, 3.8) is 0 Å². The molecule has 1 aliphatic carbocycles. The maximum atomic E-state index is 12.1. The summed E-state index contributed by atoms with van der Waals surface area (Å²) in [7, 11) is 0. The van der Waals surface area contributed by atoms with Crippen LogP contribution in [0.5, 0.6) is 0 Å². The number of unbranched alkanes of at least 4 members (excludes halogenated alkanes) is 13. The van der Waals surface area contributed by atoms with Crippen molar-refractivity contribution in [3.8, 4) is 0 Å². The minimum Gasteiger partial charge on any atom is -0.392 e. The summed E-state index contributed by atoms with van der Waals surface area (Å²) < 4.78 is 1.83. The molecule has 1 saturated carbocycles. The molecule has 1 aliphatic rings. The molecule has 2 heterocycles. The zero-order valence-corrected chi connectivity index (χ0v) is 25.2. The van der Waals surface area contributed by atoms with Crippen LogP contribution in [-0.2, 0) is 9.78 Å². The molecule has 0 radical (unpaired) electrons. The Labute approximate surface area is 245 Å². The van der Waals surface area contributed by atoms with Crippen molar-refractivity contribution in [2.75, 3.05) is 12.3 Å². The van der Waals surface area contributed by atoms with Gasteiger partial charge in [-0.25, -0.2) is 4.98 Å². The van der Waals surface area contributed by atoms with Gasteiger partial charge >= 0.3 is 0 Å². The molecule has 0 unspecified atom stereocenters. The summed E-state index contributed by atoms with van der Waals surface area (Å²) in [6, 6.07) is -0.133. The number of nitrogens with two attached hydrogens (primary N) is 1. The molecule has 230 valence electrons. The number of imidazole rings is 1. The number of rotatable bonds is 22. The van der Waals surface area contributed by atoms with Gasteiger partial charge in [-0.1, -0.05) is 104 Å². The number of hydrogen-bond donors (Lipinski definition) is 3. The second kappa shape index (κ2) is 18.0. The van der Waals surface area contributed by atoms with Crippen LogP contribution in [0.1, 0.15) is 129 Å². The van der Waals surface area contributed by atoms with Crippen LogP contribution < -0.4 is 11.3 Å². The maximum Gasteiger partial charge on any atom is 0.280 e. The monoisotopic (exact) mass is 571 g/mol. The molecule has 3 rings (SSSR count). The minimum atomic E-state index is -0.450. The number of nitrogen functional groups attached to an aromatic ring is 1. The van der Waals surface area contributed by atoms with Crippen LogP contribution in [-0.4, -0.2) is 37.3 Å². The first-order valence-electron chi connectivity index (χ1n) is 16.0. The van der Waals surface area contributed by atoms with Crippen LogP contribution >= 0.6 is 0 Å². The fourth-order valence-electron chi connectivity index (χ4n) is 5.91. The molecule has 0 saturated heterocycles. The SMILES string of the molecule is C=C(CCCCCCCCCC[C@H]1C(=C)[C@@H](n2cnc3c(=O)[nH]c(N)nc32)C[C@@H]1O)OOCCCCCCCCC. The molecule has 0 bridgehead atoms. The van der Waals surface area contributed by atoms with Gasteiger partial charge < -0.3 is 20.3 Å². The number of nitrogens with one attached hydrogen (secondary N) is 1. The van der Waals surface area contributed by atoms with Gasteiger partial charge in [-0.2, -0.15) is 9.87 Å². The Hall–Kier alpha value is -2.65. The fourth-order valence-corrected chi connectivity index (χ4v) is 5.91. The lowest BCUT2D eigenvalue weighted by Crippen LogP contribution is -2.14. The van der Waals surface area contributed by atoms with Crippen LogP contribution in [0.4, 0.5) is 5.95 Å². The van der Waals surface area contributed by atoms with E-state index in [9.17, 15) is 9.90 Å². The van der Waals surface area contributed by atoms with E-state index in [-0.39, 0.29) is 29.0 Å². The van der Waals surface area contributed by atoms with Gasteiger partial charge in [0.1, 0.15) is 5.76 Å². The molecule has 0 amide bonds. The lowest BCUT2D eigenvalue weighted by molar-refractivity contribution is -0.264. The van der Waals surface area contributed by atoms with Crippen molar-refractivity contribution in [1.82, 2.24) is 19.5 Å². The third-order valence-electron chi connectivity index (χ3n) is 8.35. The molecule has 0 aromatic carbocycles. The van der Waals surface area contributed by atoms with Gasteiger partial charge in [0.25, 0.3) is 5.56 Å². The highest BCUT2D eigenvalue weighted by Crippen LogP contribution is 2.42.